The fraction of sp³-hybridized carbons (Fsp3) is 0.571. The van der Waals surface area contributed by atoms with Gasteiger partial charge in [-0.05, 0) is 37.7 Å². The van der Waals surface area contributed by atoms with Gasteiger partial charge in [-0.1, -0.05) is 12.7 Å². The van der Waals surface area contributed by atoms with Crippen molar-refractivity contribution in [1.29, 1.82) is 5.26 Å². The van der Waals surface area contributed by atoms with E-state index in [1.165, 1.54) is 0 Å². The van der Waals surface area contributed by atoms with Gasteiger partial charge in [0.2, 0.25) is 0 Å². The molecule has 0 amide bonds. The number of hydrogen-bond acceptors (Lipinski definition) is 2. The highest BCUT2D eigenvalue weighted by atomic mass is 16.1. The summed E-state index contributed by atoms with van der Waals surface area (Å²) in [6.45, 7) is 7.70. The Hall–Kier alpha value is -1.36. The van der Waals surface area contributed by atoms with Gasteiger partial charge in [-0.3, -0.25) is 4.79 Å². The maximum Gasteiger partial charge on any atom is 0.157 e. The lowest BCUT2D eigenvalue weighted by molar-refractivity contribution is -0.123. The summed E-state index contributed by atoms with van der Waals surface area (Å²) < 4.78 is 0. The van der Waals surface area contributed by atoms with Crippen LogP contribution < -0.4 is 0 Å². The summed E-state index contributed by atoms with van der Waals surface area (Å²) in [5.74, 6) is 0.0987. The van der Waals surface area contributed by atoms with E-state index in [9.17, 15) is 10.1 Å². The normalized spacial score (nSPS) is 37.2. The van der Waals surface area contributed by atoms with Gasteiger partial charge in [0.25, 0.3) is 0 Å². The minimum Gasteiger partial charge on any atom is -0.298 e. The molecule has 0 aromatic heterocycles. The van der Waals surface area contributed by atoms with E-state index in [2.05, 4.69) is 19.2 Å². The minimum absolute atomic E-state index is 0.0987. The fourth-order valence-electron chi connectivity index (χ4n) is 3.56. The zero-order valence-electron chi connectivity index (χ0n) is 9.59. The Morgan fingerprint density at radius 3 is 2.75 bits per heavy atom. The molecule has 2 nitrogen and oxygen atoms in total. The van der Waals surface area contributed by atoms with Crippen LogP contribution >= 0.6 is 0 Å². The second kappa shape index (κ2) is 3.59. The molecule has 2 heteroatoms. The number of rotatable bonds is 3. The lowest BCUT2D eigenvalue weighted by Gasteiger charge is -2.34. The van der Waals surface area contributed by atoms with E-state index in [0.29, 0.717) is 6.42 Å². The van der Waals surface area contributed by atoms with Gasteiger partial charge < -0.3 is 0 Å². The van der Waals surface area contributed by atoms with Crippen LogP contribution in [0.15, 0.2) is 24.8 Å². The number of nitrogens with zero attached hydrogens (tertiary/aromatic N) is 1. The van der Waals surface area contributed by atoms with E-state index >= 15 is 0 Å². The maximum absolute atomic E-state index is 12.1. The lowest BCUT2D eigenvalue weighted by atomic mass is 9.65. The third kappa shape index (κ3) is 1.09. The second-order valence-electron chi connectivity index (χ2n) is 5.00. The van der Waals surface area contributed by atoms with Crippen LogP contribution in [0.2, 0.25) is 0 Å². The van der Waals surface area contributed by atoms with E-state index in [4.69, 9.17) is 0 Å². The molecule has 84 valence electrons. The lowest BCUT2D eigenvalue weighted by Crippen LogP contribution is -2.37. The topological polar surface area (TPSA) is 40.9 Å². The summed E-state index contributed by atoms with van der Waals surface area (Å²) in [4.78, 5) is 12.1. The predicted molar refractivity (Wildman–Crippen MR) is 62.5 cm³/mol. The molecule has 0 aromatic rings. The quantitative estimate of drug-likeness (QED) is 0.678. The molecule has 0 radical (unpaired) electrons. The Morgan fingerprint density at radius 1 is 1.44 bits per heavy atom. The molecule has 2 saturated carbocycles. The van der Waals surface area contributed by atoms with Gasteiger partial charge in [0.1, 0.15) is 5.41 Å². The van der Waals surface area contributed by atoms with Crippen LogP contribution in [0, 0.1) is 22.2 Å². The zero-order valence-corrected chi connectivity index (χ0v) is 9.59. The van der Waals surface area contributed by atoms with Gasteiger partial charge in [-0.15, -0.1) is 6.58 Å². The maximum atomic E-state index is 12.1. The van der Waals surface area contributed by atoms with Crippen LogP contribution in [0.1, 0.15) is 38.5 Å². The zero-order chi connectivity index (χ0) is 11.8. The Balaban J connectivity index is 2.45. The first-order chi connectivity index (χ1) is 7.63. The number of nitriles is 1. The third-order valence-corrected chi connectivity index (χ3v) is 4.47. The van der Waals surface area contributed by atoms with Gasteiger partial charge in [0.05, 0.1) is 6.07 Å². The highest BCUT2D eigenvalue weighted by molar-refractivity contribution is 5.94. The standard InChI is InChI=1S/C14H17NO/c1-3-4-7-13-8-5-11(2)14(13,10-15)12(16)6-9-13/h3H,1-2,4-9H2/t13-,14+/m0/s1. The Labute approximate surface area is 96.6 Å². The number of carbonyl (C=O) groups is 1. The largest absolute Gasteiger partial charge is 0.298 e. The monoisotopic (exact) mass is 215 g/mol. The van der Waals surface area contributed by atoms with Crippen LogP contribution in [0.5, 0.6) is 0 Å². The van der Waals surface area contributed by atoms with Crippen LogP contribution in [0.25, 0.3) is 0 Å². The van der Waals surface area contributed by atoms with Crippen LogP contribution in [-0.4, -0.2) is 5.78 Å². The van der Waals surface area contributed by atoms with Crippen molar-refractivity contribution in [2.24, 2.45) is 10.8 Å². The van der Waals surface area contributed by atoms with Gasteiger partial charge in [-0.2, -0.15) is 5.26 Å². The smallest absolute Gasteiger partial charge is 0.157 e. The molecule has 0 spiro atoms. The highest BCUT2D eigenvalue weighted by Crippen LogP contribution is 2.64. The Kier molecular flexibility index (Phi) is 2.50. The first-order valence-corrected chi connectivity index (χ1v) is 5.87. The average Bonchev–Trinajstić information content (AvgIpc) is 2.73. The van der Waals surface area contributed by atoms with E-state index in [-0.39, 0.29) is 11.2 Å². The summed E-state index contributed by atoms with van der Waals surface area (Å²) in [5, 5.41) is 9.47. The molecule has 2 atom stereocenters. The second-order valence-corrected chi connectivity index (χ2v) is 5.00. The first kappa shape index (κ1) is 11.1. The molecule has 0 unspecified atom stereocenters. The Morgan fingerprint density at radius 2 is 2.12 bits per heavy atom. The van der Waals surface area contributed by atoms with Crippen LogP contribution in [-0.2, 0) is 4.79 Å². The van der Waals surface area contributed by atoms with E-state index in [1.807, 2.05) is 6.08 Å². The molecular weight excluding hydrogens is 198 g/mol. The predicted octanol–water partition coefficient (Wildman–Crippen LogP) is 3.16. The molecule has 0 aliphatic heterocycles. The van der Waals surface area contributed by atoms with E-state index in [0.717, 1.165) is 37.7 Å². The van der Waals surface area contributed by atoms with Gasteiger partial charge in [0, 0.05) is 11.8 Å². The minimum atomic E-state index is -0.865. The van der Waals surface area contributed by atoms with Crippen molar-refractivity contribution >= 4 is 5.78 Å². The van der Waals surface area contributed by atoms with Crippen molar-refractivity contribution in [1.82, 2.24) is 0 Å². The van der Waals surface area contributed by atoms with Crippen molar-refractivity contribution in [2.75, 3.05) is 0 Å². The number of hydrogen-bond donors (Lipinski definition) is 0. The van der Waals surface area contributed by atoms with Gasteiger partial charge in [-0.25, -0.2) is 0 Å². The van der Waals surface area contributed by atoms with Crippen LogP contribution in [0.3, 0.4) is 0 Å². The molecule has 16 heavy (non-hydrogen) atoms. The Bertz CT molecular complexity index is 379. The molecule has 0 bridgehead atoms. The molecule has 2 aliphatic rings. The fourth-order valence-corrected chi connectivity index (χ4v) is 3.56. The van der Waals surface area contributed by atoms with Crippen LogP contribution in [0.4, 0.5) is 0 Å². The molecule has 0 saturated heterocycles. The number of allylic oxidation sites excluding steroid dienone is 2. The average molecular weight is 215 g/mol. The number of ketones is 1. The number of Topliss-reactive ketones (excluding diaryl/α,β-unsaturated/α-hetero) is 1. The highest BCUT2D eigenvalue weighted by Gasteiger charge is 2.64. The summed E-state index contributed by atoms with van der Waals surface area (Å²) in [6.07, 6.45) is 6.82. The summed E-state index contributed by atoms with van der Waals surface area (Å²) in [7, 11) is 0. The molecule has 2 rings (SSSR count). The van der Waals surface area contributed by atoms with E-state index in [1.54, 1.807) is 0 Å². The number of carbonyl (C=O) groups excluding carboxylic acids is 1. The van der Waals surface area contributed by atoms with Gasteiger partial charge in [0.15, 0.2) is 5.78 Å². The summed E-state index contributed by atoms with van der Waals surface area (Å²) in [5.41, 5.74) is -0.151. The van der Waals surface area contributed by atoms with Crippen molar-refractivity contribution in [3.63, 3.8) is 0 Å². The molecular formula is C14H17NO. The van der Waals surface area contributed by atoms with Crippen molar-refractivity contribution in [3.8, 4) is 6.07 Å². The van der Waals surface area contributed by atoms with E-state index < -0.39 is 5.41 Å². The number of fused-ring (bicyclic) bond motifs is 1. The van der Waals surface area contributed by atoms with Crippen molar-refractivity contribution in [3.05, 3.63) is 24.8 Å². The first-order valence-electron chi connectivity index (χ1n) is 5.87. The molecule has 0 aromatic carbocycles. The SMILES string of the molecule is C=CCC[C@@]12CCC(=C)[C@]1(C#N)C(=O)CC2. The van der Waals surface area contributed by atoms with Crippen molar-refractivity contribution in [2.45, 2.75) is 38.5 Å². The molecule has 0 N–H and O–H groups in total. The molecule has 2 fully saturated rings. The molecule has 2 aliphatic carbocycles. The van der Waals surface area contributed by atoms with Crippen molar-refractivity contribution < 1.29 is 4.79 Å². The molecule has 0 heterocycles. The summed E-state index contributed by atoms with van der Waals surface area (Å²) >= 11 is 0. The summed E-state index contributed by atoms with van der Waals surface area (Å²) in [6, 6.07) is 2.31. The third-order valence-electron chi connectivity index (χ3n) is 4.47. The van der Waals surface area contributed by atoms with Gasteiger partial charge >= 0.3 is 0 Å².